The van der Waals surface area contributed by atoms with E-state index in [0.29, 0.717) is 44.0 Å². The first-order valence-electron chi connectivity index (χ1n) is 18.8. The number of aryl methyl sites for hydroxylation is 5. The van der Waals surface area contributed by atoms with Gasteiger partial charge < -0.3 is 35.7 Å². The Labute approximate surface area is 339 Å². The quantitative estimate of drug-likeness (QED) is 0.0322. The molecule has 1 amide bonds. The number of ether oxygens (including phenoxy) is 1. The van der Waals surface area contributed by atoms with E-state index in [0.717, 1.165) is 96.4 Å². The largest absolute Gasteiger partial charge is 0.494 e. The number of carboxylic acid groups (broad SMARTS) is 1. The van der Waals surface area contributed by atoms with Gasteiger partial charge in [0.15, 0.2) is 0 Å². The van der Waals surface area contributed by atoms with Crippen LogP contribution in [0.1, 0.15) is 69.5 Å². The van der Waals surface area contributed by atoms with Crippen molar-refractivity contribution in [1.82, 2.24) is 30.3 Å². The molecule has 13 heteroatoms. The zero-order valence-electron chi connectivity index (χ0n) is 33.5. The number of anilines is 1. The number of fused-ring (bicyclic) bond motifs is 1. The van der Waals surface area contributed by atoms with Crippen LogP contribution in [0, 0.1) is 27.7 Å². The number of halogens is 2. The molecular weight excluding hydrogens is 749 g/mol. The minimum absolute atomic E-state index is 0.167. The van der Waals surface area contributed by atoms with Gasteiger partial charge in [0.2, 0.25) is 6.41 Å². The van der Waals surface area contributed by atoms with Crippen molar-refractivity contribution in [2.45, 2.75) is 60.0 Å². The summed E-state index contributed by atoms with van der Waals surface area (Å²) in [5, 5.41) is 30.2. The molecule has 5 N–H and O–H groups in total. The van der Waals surface area contributed by atoms with Crippen molar-refractivity contribution < 1.29 is 19.4 Å². The van der Waals surface area contributed by atoms with Gasteiger partial charge in [-0.25, -0.2) is 4.79 Å². The number of amides is 1. The van der Waals surface area contributed by atoms with Crippen molar-refractivity contribution in [3.63, 3.8) is 0 Å². The summed E-state index contributed by atoms with van der Waals surface area (Å²) in [7, 11) is 5.62. The number of allylic oxidation sites excluding steroid dienone is 1. The van der Waals surface area contributed by atoms with Crippen LogP contribution in [0.4, 0.5) is 5.69 Å². The molecule has 0 unspecified atom stereocenters. The van der Waals surface area contributed by atoms with E-state index in [1.165, 1.54) is 0 Å². The highest BCUT2D eigenvalue weighted by molar-refractivity contribution is 6.34. The maximum Gasteiger partial charge on any atom is 0.352 e. The number of hydrogen-bond acceptors (Lipinski definition) is 7. The smallest absolute Gasteiger partial charge is 0.352 e. The van der Waals surface area contributed by atoms with Gasteiger partial charge in [0.25, 0.3) is 0 Å². The molecule has 0 radical (unpaired) electrons. The Balaban J connectivity index is 1.72. The maximum atomic E-state index is 12.4. The van der Waals surface area contributed by atoms with Gasteiger partial charge in [-0.15, -0.1) is 0 Å². The van der Waals surface area contributed by atoms with E-state index in [1.807, 2.05) is 77.7 Å². The molecule has 5 rings (SSSR count). The molecule has 0 bridgehead atoms. The van der Waals surface area contributed by atoms with Crippen molar-refractivity contribution >= 4 is 63.8 Å². The Kier molecular flexibility index (Phi) is 14.3. The minimum Gasteiger partial charge on any atom is -0.494 e. The van der Waals surface area contributed by atoms with Crippen molar-refractivity contribution in [2.24, 2.45) is 14.1 Å². The molecule has 298 valence electrons. The van der Waals surface area contributed by atoms with E-state index < -0.39 is 5.97 Å². The fraction of sp³-hybridized carbons (Fsp3) is 0.372. The predicted molar refractivity (Wildman–Crippen MR) is 229 cm³/mol. The van der Waals surface area contributed by atoms with Gasteiger partial charge >= 0.3 is 5.97 Å². The summed E-state index contributed by atoms with van der Waals surface area (Å²) in [4.78, 5) is 23.7. The number of hydrogen-bond donors (Lipinski definition) is 5. The lowest BCUT2D eigenvalue weighted by Crippen LogP contribution is -2.30. The zero-order valence-corrected chi connectivity index (χ0v) is 35.0. The molecule has 11 nitrogen and oxygen atoms in total. The highest BCUT2D eigenvalue weighted by Gasteiger charge is 2.24. The van der Waals surface area contributed by atoms with E-state index in [-0.39, 0.29) is 11.7 Å². The topological polar surface area (TPSA) is 134 Å². The number of rotatable bonds is 19. The standard InChI is InChI=1S/C43H53Cl2N7O4/c1-25-16-34(17-26(2)40(25)45)56-15-9-10-31(20-32-18-30(23-47-14-13-46-6)19-33-21-37(43(54)55)51(7)42(32)33)35-11-12-36(44)39(38-28(4)50-52(8)29(38)5)41(35)49-27(3)22-48-24-53/h11-12,16-21,24,27,46-47,49H,9-10,13-15,22-23H2,1-8H3,(H,48,53)(H,54,55)/b31-20+/t27-/m1/s1. The molecule has 0 spiro atoms. The fourth-order valence-electron chi connectivity index (χ4n) is 7.28. The number of nitrogens with one attached hydrogen (secondary N) is 4. The van der Waals surface area contributed by atoms with Gasteiger partial charge in [0.05, 0.1) is 28.5 Å². The average Bonchev–Trinajstić information content (AvgIpc) is 3.62. The van der Waals surface area contributed by atoms with Crippen LogP contribution in [0.15, 0.2) is 42.5 Å². The lowest BCUT2D eigenvalue weighted by atomic mass is 9.90. The van der Waals surface area contributed by atoms with Crippen LogP contribution in [-0.4, -0.2) is 71.2 Å². The van der Waals surface area contributed by atoms with E-state index in [9.17, 15) is 14.7 Å². The van der Waals surface area contributed by atoms with Crippen LogP contribution in [0.25, 0.3) is 33.7 Å². The summed E-state index contributed by atoms with van der Waals surface area (Å²) in [6.45, 7) is 13.0. The first kappa shape index (κ1) is 42.3. The van der Waals surface area contributed by atoms with Crippen molar-refractivity contribution in [1.29, 1.82) is 0 Å². The molecule has 0 saturated carbocycles. The summed E-state index contributed by atoms with van der Waals surface area (Å²) < 4.78 is 9.89. The molecular formula is C43H53Cl2N7O4. The van der Waals surface area contributed by atoms with Gasteiger partial charge in [-0.2, -0.15) is 5.10 Å². The molecule has 3 aromatic carbocycles. The third kappa shape index (κ3) is 9.58. The summed E-state index contributed by atoms with van der Waals surface area (Å²) in [5.74, 6) is -0.235. The van der Waals surface area contributed by atoms with Gasteiger partial charge in [-0.1, -0.05) is 29.3 Å². The highest BCUT2D eigenvalue weighted by Crippen LogP contribution is 2.44. The number of nitrogens with zero attached hydrogens (tertiary/aromatic N) is 3. The van der Waals surface area contributed by atoms with Gasteiger partial charge in [0, 0.05) is 79.1 Å². The van der Waals surface area contributed by atoms with E-state index in [2.05, 4.69) is 39.5 Å². The van der Waals surface area contributed by atoms with Crippen molar-refractivity contribution in [2.75, 3.05) is 38.6 Å². The maximum absolute atomic E-state index is 12.4. The zero-order chi connectivity index (χ0) is 40.7. The third-order valence-corrected chi connectivity index (χ3v) is 11.0. The Morgan fingerprint density at radius 1 is 1.02 bits per heavy atom. The molecule has 2 heterocycles. The summed E-state index contributed by atoms with van der Waals surface area (Å²) in [6, 6.07) is 13.6. The Morgan fingerprint density at radius 3 is 2.39 bits per heavy atom. The predicted octanol–water partition coefficient (Wildman–Crippen LogP) is 8.07. The molecule has 0 fully saturated rings. The molecule has 0 aliphatic rings. The first-order valence-corrected chi connectivity index (χ1v) is 19.6. The normalized spacial score (nSPS) is 12.3. The fourth-order valence-corrected chi connectivity index (χ4v) is 7.64. The summed E-state index contributed by atoms with van der Waals surface area (Å²) in [6.07, 6.45) is 4.13. The van der Waals surface area contributed by atoms with Crippen LogP contribution in [0.2, 0.25) is 10.0 Å². The second-order valence-electron chi connectivity index (χ2n) is 14.4. The van der Waals surface area contributed by atoms with Crippen LogP contribution in [0.3, 0.4) is 0 Å². The van der Waals surface area contributed by atoms with E-state index >= 15 is 0 Å². The highest BCUT2D eigenvalue weighted by atomic mass is 35.5. The van der Waals surface area contributed by atoms with E-state index in [4.69, 9.17) is 33.0 Å². The molecule has 5 aromatic rings. The number of carbonyl (C=O) groups excluding carboxylic acids is 1. The Bertz CT molecular complexity index is 2240. The summed E-state index contributed by atoms with van der Waals surface area (Å²) >= 11 is 13.6. The van der Waals surface area contributed by atoms with Crippen LogP contribution < -0.4 is 26.0 Å². The number of aromatic carboxylic acids is 1. The summed E-state index contributed by atoms with van der Waals surface area (Å²) in [5.41, 5.74) is 11.1. The second kappa shape index (κ2) is 18.9. The van der Waals surface area contributed by atoms with Crippen molar-refractivity contribution in [3.05, 3.63) is 97.4 Å². The molecule has 0 aliphatic heterocycles. The molecule has 0 saturated heterocycles. The molecule has 2 aromatic heterocycles. The minimum atomic E-state index is -0.994. The van der Waals surface area contributed by atoms with Gasteiger partial charge in [-0.3, -0.25) is 9.48 Å². The van der Waals surface area contributed by atoms with Gasteiger partial charge in [-0.05, 0) is 125 Å². The van der Waals surface area contributed by atoms with E-state index in [1.54, 1.807) is 17.7 Å². The lowest BCUT2D eigenvalue weighted by Gasteiger charge is -2.24. The number of likely N-dealkylation sites (N-methyl/N-ethyl adjacent to an activating group) is 1. The molecule has 0 aliphatic carbocycles. The Hall–Kier alpha value is -4.81. The SMILES string of the molecule is CNCCNCc1cc(/C=C(\CCCOc2cc(C)c(Cl)c(C)c2)c2ccc(Cl)c(-c3c(C)nn(C)c3C)c2N[C@H](C)CNC=O)c2c(c1)cc(C(=O)O)n2C. The second-order valence-corrected chi connectivity index (χ2v) is 15.2. The van der Waals surface area contributed by atoms with Crippen molar-refractivity contribution in [3.8, 4) is 16.9 Å². The molecule has 1 atom stereocenters. The van der Waals surface area contributed by atoms with Crippen LogP contribution in [-0.2, 0) is 25.4 Å². The third-order valence-electron chi connectivity index (χ3n) is 10.1. The molecule has 56 heavy (non-hydrogen) atoms. The first-order chi connectivity index (χ1) is 26.7. The van der Waals surface area contributed by atoms with Gasteiger partial charge in [0.1, 0.15) is 11.4 Å². The number of benzene rings is 3. The van der Waals surface area contributed by atoms with Crippen LogP contribution in [0.5, 0.6) is 5.75 Å². The number of carbonyl (C=O) groups is 2. The lowest BCUT2D eigenvalue weighted by molar-refractivity contribution is -0.109. The number of carboxylic acids is 1. The monoisotopic (exact) mass is 801 g/mol. The average molecular weight is 803 g/mol. The van der Waals surface area contributed by atoms with Crippen LogP contribution >= 0.6 is 23.2 Å². The number of aromatic nitrogens is 3. The Morgan fingerprint density at radius 2 is 1.75 bits per heavy atom.